The lowest BCUT2D eigenvalue weighted by molar-refractivity contribution is -0.125. The summed E-state index contributed by atoms with van der Waals surface area (Å²) in [5.41, 5.74) is 0.907. The van der Waals surface area contributed by atoms with Gasteiger partial charge in [0.15, 0.2) is 0 Å². The molecule has 116 valence electrons. The second-order valence-corrected chi connectivity index (χ2v) is 6.13. The summed E-state index contributed by atoms with van der Waals surface area (Å²) < 4.78 is 0. The van der Waals surface area contributed by atoms with Crippen molar-refractivity contribution in [2.45, 2.75) is 24.9 Å². The van der Waals surface area contributed by atoms with Gasteiger partial charge in [0.05, 0.1) is 22.8 Å². The van der Waals surface area contributed by atoms with Crippen LogP contribution in [-0.4, -0.2) is 35.1 Å². The smallest absolute Gasteiger partial charge is 0.239 e. The number of thioether (sulfide) groups is 1. The Kier molecular flexibility index (Phi) is 5.77. The van der Waals surface area contributed by atoms with Crippen LogP contribution in [0.3, 0.4) is 0 Å². The third-order valence-electron chi connectivity index (χ3n) is 2.82. The number of para-hydroxylation sites is 1. The number of rotatable bonds is 6. The molecule has 0 radical (unpaired) electrons. The number of aromatic nitrogens is 1. The molecule has 22 heavy (non-hydrogen) atoms. The van der Waals surface area contributed by atoms with Crippen molar-refractivity contribution in [3.05, 3.63) is 36.4 Å². The van der Waals surface area contributed by atoms with E-state index in [0.717, 1.165) is 15.9 Å². The number of carbonyl (C=O) groups is 2. The van der Waals surface area contributed by atoms with Crippen molar-refractivity contribution >= 4 is 34.5 Å². The first-order valence-electron chi connectivity index (χ1n) is 7.09. The van der Waals surface area contributed by atoms with Crippen molar-refractivity contribution in [2.24, 2.45) is 0 Å². The molecule has 2 rings (SSSR count). The molecule has 0 atom stereocenters. The van der Waals surface area contributed by atoms with Gasteiger partial charge in [-0.15, -0.1) is 0 Å². The van der Waals surface area contributed by atoms with E-state index in [0.29, 0.717) is 0 Å². The highest BCUT2D eigenvalue weighted by Crippen LogP contribution is 2.19. The molecular formula is C16H19N3O2S. The van der Waals surface area contributed by atoms with E-state index in [1.165, 1.54) is 11.8 Å². The first-order chi connectivity index (χ1) is 10.5. The summed E-state index contributed by atoms with van der Waals surface area (Å²) in [5, 5.41) is 7.18. The fraction of sp³-hybridized carbons (Fsp3) is 0.312. The minimum atomic E-state index is -0.183. The summed E-state index contributed by atoms with van der Waals surface area (Å²) in [7, 11) is 0. The minimum absolute atomic E-state index is 0.00270. The number of pyridine rings is 1. The third kappa shape index (κ3) is 5.04. The quantitative estimate of drug-likeness (QED) is 0.799. The van der Waals surface area contributed by atoms with E-state index in [1.807, 2.05) is 50.2 Å². The summed E-state index contributed by atoms with van der Waals surface area (Å²) in [6.45, 7) is 3.75. The van der Waals surface area contributed by atoms with Gasteiger partial charge in [0, 0.05) is 11.4 Å². The Morgan fingerprint density at radius 3 is 2.68 bits per heavy atom. The molecule has 0 aliphatic heterocycles. The summed E-state index contributed by atoms with van der Waals surface area (Å²) in [5.74, 6) is -0.128. The van der Waals surface area contributed by atoms with Crippen molar-refractivity contribution in [1.29, 1.82) is 0 Å². The number of amides is 2. The van der Waals surface area contributed by atoms with Crippen LogP contribution >= 0.6 is 11.8 Å². The molecule has 2 N–H and O–H groups in total. The van der Waals surface area contributed by atoms with Gasteiger partial charge < -0.3 is 10.6 Å². The third-order valence-corrected chi connectivity index (χ3v) is 3.75. The zero-order valence-electron chi connectivity index (χ0n) is 12.6. The molecule has 0 bridgehead atoms. The number of carbonyl (C=O) groups excluding carboxylic acids is 2. The number of nitrogens with zero attached hydrogens (tertiary/aromatic N) is 1. The van der Waals surface area contributed by atoms with Crippen molar-refractivity contribution in [2.75, 3.05) is 12.3 Å². The van der Waals surface area contributed by atoms with Gasteiger partial charge in [-0.25, -0.2) is 4.98 Å². The Balaban J connectivity index is 1.81. The second kappa shape index (κ2) is 7.79. The zero-order chi connectivity index (χ0) is 15.9. The van der Waals surface area contributed by atoms with Gasteiger partial charge in [0.1, 0.15) is 0 Å². The Bertz CT molecular complexity index is 673. The standard InChI is InChI=1S/C16H19N3O2S/c1-11(2)18-14(20)9-17-15(21)10-22-16-8-7-12-5-3-4-6-13(12)19-16/h3-8,11H,9-10H2,1-2H3,(H,17,21)(H,18,20). The molecule has 0 saturated carbocycles. The fourth-order valence-electron chi connectivity index (χ4n) is 1.87. The average Bonchev–Trinajstić information content (AvgIpc) is 2.50. The van der Waals surface area contributed by atoms with Crippen LogP contribution in [0.1, 0.15) is 13.8 Å². The van der Waals surface area contributed by atoms with Crippen LogP contribution in [0.2, 0.25) is 0 Å². The van der Waals surface area contributed by atoms with Crippen molar-refractivity contribution in [3.63, 3.8) is 0 Å². The monoisotopic (exact) mass is 317 g/mol. The number of benzene rings is 1. The molecule has 0 unspecified atom stereocenters. The van der Waals surface area contributed by atoms with Crippen LogP contribution in [0.25, 0.3) is 10.9 Å². The van der Waals surface area contributed by atoms with Crippen LogP contribution < -0.4 is 10.6 Å². The van der Waals surface area contributed by atoms with Gasteiger partial charge in [-0.05, 0) is 26.0 Å². The number of fused-ring (bicyclic) bond motifs is 1. The SMILES string of the molecule is CC(C)NC(=O)CNC(=O)CSc1ccc2ccccc2n1. The molecule has 6 heteroatoms. The van der Waals surface area contributed by atoms with E-state index >= 15 is 0 Å². The lowest BCUT2D eigenvalue weighted by Gasteiger charge is -2.09. The molecule has 0 spiro atoms. The van der Waals surface area contributed by atoms with E-state index in [2.05, 4.69) is 15.6 Å². The Morgan fingerprint density at radius 1 is 1.14 bits per heavy atom. The van der Waals surface area contributed by atoms with E-state index in [-0.39, 0.29) is 30.2 Å². The summed E-state index contributed by atoms with van der Waals surface area (Å²) in [6.07, 6.45) is 0. The van der Waals surface area contributed by atoms with Crippen LogP contribution in [0.5, 0.6) is 0 Å². The molecule has 2 aromatic rings. The molecule has 0 aliphatic carbocycles. The molecule has 0 fully saturated rings. The van der Waals surface area contributed by atoms with Crippen LogP contribution in [0.4, 0.5) is 0 Å². The molecule has 2 amide bonds. The lowest BCUT2D eigenvalue weighted by Crippen LogP contribution is -2.40. The Morgan fingerprint density at radius 2 is 1.91 bits per heavy atom. The first-order valence-corrected chi connectivity index (χ1v) is 8.08. The largest absolute Gasteiger partial charge is 0.352 e. The van der Waals surface area contributed by atoms with Gasteiger partial charge in [-0.1, -0.05) is 36.0 Å². The first kappa shape index (κ1) is 16.3. The van der Waals surface area contributed by atoms with E-state index in [9.17, 15) is 9.59 Å². The Labute approximate surface area is 133 Å². The van der Waals surface area contributed by atoms with E-state index in [1.54, 1.807) is 0 Å². The zero-order valence-corrected chi connectivity index (χ0v) is 13.4. The Hall–Kier alpha value is -2.08. The number of hydrogen-bond donors (Lipinski definition) is 2. The summed E-state index contributed by atoms with van der Waals surface area (Å²) in [4.78, 5) is 27.6. The summed E-state index contributed by atoms with van der Waals surface area (Å²) >= 11 is 1.35. The molecule has 1 aromatic carbocycles. The van der Waals surface area contributed by atoms with Gasteiger partial charge in [-0.3, -0.25) is 9.59 Å². The topological polar surface area (TPSA) is 71.1 Å². The number of nitrogens with one attached hydrogen (secondary N) is 2. The predicted molar refractivity (Wildman–Crippen MR) is 88.8 cm³/mol. The highest BCUT2D eigenvalue weighted by Gasteiger charge is 2.08. The number of hydrogen-bond acceptors (Lipinski definition) is 4. The highest BCUT2D eigenvalue weighted by atomic mass is 32.2. The summed E-state index contributed by atoms with van der Waals surface area (Å²) in [6, 6.07) is 11.8. The van der Waals surface area contributed by atoms with Crippen LogP contribution in [-0.2, 0) is 9.59 Å². The van der Waals surface area contributed by atoms with Crippen molar-refractivity contribution < 1.29 is 9.59 Å². The van der Waals surface area contributed by atoms with Crippen molar-refractivity contribution in [1.82, 2.24) is 15.6 Å². The molecule has 1 heterocycles. The molecular weight excluding hydrogens is 298 g/mol. The van der Waals surface area contributed by atoms with Gasteiger partial charge >= 0.3 is 0 Å². The lowest BCUT2D eigenvalue weighted by atomic mass is 10.2. The highest BCUT2D eigenvalue weighted by molar-refractivity contribution is 7.99. The maximum atomic E-state index is 11.7. The second-order valence-electron chi connectivity index (χ2n) is 5.13. The molecule has 0 saturated heterocycles. The molecule has 0 aliphatic rings. The van der Waals surface area contributed by atoms with Crippen LogP contribution in [0, 0.1) is 0 Å². The average molecular weight is 317 g/mol. The van der Waals surface area contributed by atoms with E-state index < -0.39 is 0 Å². The maximum absolute atomic E-state index is 11.7. The van der Waals surface area contributed by atoms with E-state index in [4.69, 9.17) is 0 Å². The van der Waals surface area contributed by atoms with Gasteiger partial charge in [-0.2, -0.15) is 0 Å². The predicted octanol–water partition coefficient (Wildman–Crippen LogP) is 1.97. The van der Waals surface area contributed by atoms with Crippen molar-refractivity contribution in [3.8, 4) is 0 Å². The molecule has 1 aromatic heterocycles. The minimum Gasteiger partial charge on any atom is -0.352 e. The van der Waals surface area contributed by atoms with Gasteiger partial charge in [0.2, 0.25) is 11.8 Å². The maximum Gasteiger partial charge on any atom is 0.239 e. The van der Waals surface area contributed by atoms with Gasteiger partial charge in [0.25, 0.3) is 0 Å². The molecule has 5 nitrogen and oxygen atoms in total. The van der Waals surface area contributed by atoms with Crippen LogP contribution in [0.15, 0.2) is 41.4 Å². The fourth-order valence-corrected chi connectivity index (χ4v) is 2.58. The normalized spacial score (nSPS) is 10.7.